The van der Waals surface area contributed by atoms with Crippen molar-refractivity contribution < 1.29 is 22.4 Å². The van der Waals surface area contributed by atoms with Crippen LogP contribution in [0.15, 0.2) is 12.1 Å². The molecule has 1 aromatic carbocycles. The molecule has 1 aromatic heterocycles. The molecule has 0 saturated heterocycles. The van der Waals surface area contributed by atoms with E-state index in [4.69, 9.17) is 5.73 Å². The molecule has 1 heterocycles. The maximum absolute atomic E-state index is 13.8. The zero-order chi connectivity index (χ0) is 15.1. The Labute approximate surface area is 109 Å². The van der Waals surface area contributed by atoms with Crippen LogP contribution >= 0.6 is 0 Å². The van der Waals surface area contributed by atoms with Gasteiger partial charge in [-0.05, 0) is 24.6 Å². The van der Waals surface area contributed by atoms with Crippen LogP contribution in [0.1, 0.15) is 21.6 Å². The van der Waals surface area contributed by atoms with Gasteiger partial charge >= 0.3 is 6.18 Å². The van der Waals surface area contributed by atoms with Gasteiger partial charge in [0, 0.05) is 5.56 Å². The van der Waals surface area contributed by atoms with Gasteiger partial charge in [0.15, 0.2) is 5.69 Å². The van der Waals surface area contributed by atoms with Gasteiger partial charge in [0.1, 0.15) is 11.5 Å². The van der Waals surface area contributed by atoms with Crippen LogP contribution in [0.25, 0.3) is 11.3 Å². The first kappa shape index (κ1) is 14.0. The standard InChI is InChI=1S/C11H8F4N4O/c1-4-2-5(7(12)3-6(4)11(13,14)15)8-9(10(16)20)18-19-17-8/h2-3H,1H3,(H2,16,20)(H,17,18,19). The molecule has 20 heavy (non-hydrogen) atoms. The van der Waals surface area contributed by atoms with Gasteiger partial charge in [-0.15, -0.1) is 0 Å². The molecule has 0 aliphatic rings. The van der Waals surface area contributed by atoms with Crippen molar-refractivity contribution >= 4 is 5.91 Å². The van der Waals surface area contributed by atoms with Crippen molar-refractivity contribution in [3.05, 3.63) is 34.8 Å². The number of aryl methyl sites for hydroxylation is 1. The van der Waals surface area contributed by atoms with Crippen molar-refractivity contribution in [2.75, 3.05) is 0 Å². The number of benzene rings is 1. The number of primary amides is 1. The quantitative estimate of drug-likeness (QED) is 0.829. The van der Waals surface area contributed by atoms with Crippen LogP contribution in [-0.2, 0) is 6.18 Å². The molecule has 0 spiro atoms. The first-order chi connectivity index (χ1) is 9.21. The molecule has 0 unspecified atom stereocenters. The van der Waals surface area contributed by atoms with Gasteiger partial charge in [-0.3, -0.25) is 4.79 Å². The number of hydrogen-bond acceptors (Lipinski definition) is 3. The summed E-state index contributed by atoms with van der Waals surface area (Å²) in [6.45, 7) is 1.18. The zero-order valence-electron chi connectivity index (χ0n) is 10.0. The minimum atomic E-state index is -4.67. The van der Waals surface area contributed by atoms with Crippen molar-refractivity contribution in [1.29, 1.82) is 0 Å². The van der Waals surface area contributed by atoms with E-state index >= 15 is 0 Å². The maximum Gasteiger partial charge on any atom is 0.416 e. The average Bonchev–Trinajstić information content (AvgIpc) is 2.79. The van der Waals surface area contributed by atoms with Crippen LogP contribution in [0.2, 0.25) is 0 Å². The highest BCUT2D eigenvalue weighted by molar-refractivity contribution is 5.96. The monoisotopic (exact) mass is 288 g/mol. The lowest BCUT2D eigenvalue weighted by atomic mass is 10.0. The lowest BCUT2D eigenvalue weighted by Gasteiger charge is -2.12. The van der Waals surface area contributed by atoms with Gasteiger partial charge in [0.2, 0.25) is 0 Å². The van der Waals surface area contributed by atoms with E-state index in [0.717, 1.165) is 6.07 Å². The molecular formula is C11H8F4N4O. The molecule has 9 heteroatoms. The average molecular weight is 288 g/mol. The van der Waals surface area contributed by atoms with Crippen LogP contribution in [-0.4, -0.2) is 21.3 Å². The molecule has 0 aliphatic heterocycles. The molecule has 0 saturated carbocycles. The summed E-state index contributed by atoms with van der Waals surface area (Å²) in [6.07, 6.45) is -4.67. The van der Waals surface area contributed by atoms with Gasteiger partial charge in [0.25, 0.3) is 5.91 Å². The summed E-state index contributed by atoms with van der Waals surface area (Å²) >= 11 is 0. The number of hydrogen-bond donors (Lipinski definition) is 2. The fourth-order valence-electron chi connectivity index (χ4n) is 1.76. The van der Waals surface area contributed by atoms with E-state index in [9.17, 15) is 22.4 Å². The Balaban J connectivity index is 2.63. The molecule has 0 atom stereocenters. The molecular weight excluding hydrogens is 280 g/mol. The third-order valence-electron chi connectivity index (χ3n) is 2.66. The number of amides is 1. The molecule has 0 radical (unpaired) electrons. The Morgan fingerprint density at radius 3 is 2.50 bits per heavy atom. The number of nitrogens with zero attached hydrogens (tertiary/aromatic N) is 2. The van der Waals surface area contributed by atoms with E-state index in [1.165, 1.54) is 6.92 Å². The number of carbonyl (C=O) groups excluding carboxylic acids is 1. The van der Waals surface area contributed by atoms with Crippen molar-refractivity contribution in [2.45, 2.75) is 13.1 Å². The van der Waals surface area contributed by atoms with Gasteiger partial charge in [-0.2, -0.15) is 28.6 Å². The molecule has 2 aromatic rings. The van der Waals surface area contributed by atoms with Gasteiger partial charge < -0.3 is 5.73 Å². The molecule has 2 rings (SSSR count). The fraction of sp³-hybridized carbons (Fsp3) is 0.182. The number of rotatable bonds is 2. The van der Waals surface area contributed by atoms with Crippen molar-refractivity contribution in [1.82, 2.24) is 15.4 Å². The van der Waals surface area contributed by atoms with Gasteiger partial charge in [0.05, 0.1) is 5.56 Å². The second-order valence-electron chi connectivity index (χ2n) is 4.03. The molecule has 0 aliphatic carbocycles. The molecule has 0 bridgehead atoms. The first-order valence-corrected chi connectivity index (χ1v) is 5.30. The topological polar surface area (TPSA) is 84.7 Å². The van der Waals surface area contributed by atoms with Gasteiger partial charge in [-0.1, -0.05) is 0 Å². The number of nitrogens with two attached hydrogens (primary N) is 1. The normalized spacial score (nSPS) is 11.7. The molecule has 3 N–H and O–H groups in total. The number of halogens is 4. The minimum Gasteiger partial charge on any atom is -0.364 e. The van der Waals surface area contributed by atoms with E-state index in [-0.39, 0.29) is 22.5 Å². The number of carbonyl (C=O) groups is 1. The van der Waals surface area contributed by atoms with E-state index < -0.39 is 23.5 Å². The summed E-state index contributed by atoms with van der Waals surface area (Å²) < 4.78 is 51.7. The molecule has 106 valence electrons. The van der Waals surface area contributed by atoms with Crippen LogP contribution < -0.4 is 5.73 Å². The lowest BCUT2D eigenvalue weighted by Crippen LogP contribution is -2.13. The van der Waals surface area contributed by atoms with Gasteiger partial charge in [-0.25, -0.2) is 4.39 Å². The Morgan fingerprint density at radius 2 is 1.95 bits per heavy atom. The zero-order valence-corrected chi connectivity index (χ0v) is 10.0. The summed E-state index contributed by atoms with van der Waals surface area (Å²) in [5.74, 6) is -2.13. The van der Waals surface area contributed by atoms with Crippen LogP contribution in [0, 0.1) is 12.7 Å². The highest BCUT2D eigenvalue weighted by Crippen LogP contribution is 2.35. The summed E-state index contributed by atoms with van der Waals surface area (Å²) in [5, 5.41) is 9.06. The largest absolute Gasteiger partial charge is 0.416 e. The van der Waals surface area contributed by atoms with E-state index in [0.29, 0.717) is 6.07 Å². The molecule has 1 amide bonds. The summed E-state index contributed by atoms with van der Waals surface area (Å²) in [7, 11) is 0. The van der Waals surface area contributed by atoms with Crippen LogP contribution in [0.4, 0.5) is 17.6 Å². The maximum atomic E-state index is 13.8. The highest BCUT2D eigenvalue weighted by atomic mass is 19.4. The molecule has 5 nitrogen and oxygen atoms in total. The number of H-pyrrole nitrogens is 1. The predicted octanol–water partition coefficient (Wildman–Crippen LogP) is 2.04. The van der Waals surface area contributed by atoms with E-state index in [1.807, 2.05) is 0 Å². The Hall–Kier alpha value is -2.45. The number of nitrogens with one attached hydrogen (secondary N) is 1. The Kier molecular flexibility index (Phi) is 3.20. The van der Waals surface area contributed by atoms with E-state index in [2.05, 4.69) is 15.4 Å². The van der Waals surface area contributed by atoms with E-state index in [1.54, 1.807) is 0 Å². The second-order valence-corrected chi connectivity index (χ2v) is 4.03. The summed E-state index contributed by atoms with van der Waals surface area (Å²) in [5.41, 5.74) is 2.87. The third-order valence-corrected chi connectivity index (χ3v) is 2.66. The third kappa shape index (κ3) is 2.33. The van der Waals surface area contributed by atoms with Crippen LogP contribution in [0.5, 0.6) is 0 Å². The highest BCUT2D eigenvalue weighted by Gasteiger charge is 2.34. The second kappa shape index (κ2) is 4.58. The predicted molar refractivity (Wildman–Crippen MR) is 60.0 cm³/mol. The fourth-order valence-corrected chi connectivity index (χ4v) is 1.76. The number of aromatic nitrogens is 3. The Morgan fingerprint density at radius 1 is 1.30 bits per heavy atom. The SMILES string of the molecule is Cc1cc(-c2n[nH]nc2C(N)=O)c(F)cc1C(F)(F)F. The Bertz CT molecular complexity index is 678. The van der Waals surface area contributed by atoms with Crippen molar-refractivity contribution in [3.8, 4) is 11.3 Å². The summed E-state index contributed by atoms with van der Waals surface area (Å²) in [6, 6.07) is 1.30. The smallest absolute Gasteiger partial charge is 0.364 e. The molecule has 0 fully saturated rings. The van der Waals surface area contributed by atoms with Crippen LogP contribution in [0.3, 0.4) is 0 Å². The number of alkyl halides is 3. The first-order valence-electron chi connectivity index (χ1n) is 5.30. The van der Waals surface area contributed by atoms with Crippen molar-refractivity contribution in [2.24, 2.45) is 5.73 Å². The lowest BCUT2D eigenvalue weighted by molar-refractivity contribution is -0.138. The summed E-state index contributed by atoms with van der Waals surface area (Å²) in [4.78, 5) is 11.1. The van der Waals surface area contributed by atoms with Crippen molar-refractivity contribution in [3.63, 3.8) is 0 Å². The minimum absolute atomic E-state index is 0.202. The number of aromatic amines is 1.